The Labute approximate surface area is 179 Å². The Morgan fingerprint density at radius 3 is 2.37 bits per heavy atom. The number of carbonyl (C=O) groups is 1. The maximum absolute atomic E-state index is 13.2. The second-order valence-corrected chi connectivity index (χ2v) is 7.92. The third-order valence-electron chi connectivity index (χ3n) is 5.39. The minimum absolute atomic E-state index is 0.105. The third kappa shape index (κ3) is 4.74. The molecular formula is C25H32N3O2+. The number of benzene rings is 3. The Balaban J connectivity index is 1.85. The maximum Gasteiger partial charge on any atom is 0.255 e. The number of anilines is 1. The molecule has 0 radical (unpaired) electrons. The molecule has 0 fully saturated rings. The Kier molecular flexibility index (Phi) is 6.95. The zero-order valence-corrected chi connectivity index (χ0v) is 18.5. The van der Waals surface area contributed by atoms with Crippen LogP contribution in [0, 0.1) is 0 Å². The van der Waals surface area contributed by atoms with Gasteiger partial charge < -0.3 is 19.9 Å². The Morgan fingerprint density at radius 2 is 1.73 bits per heavy atom. The van der Waals surface area contributed by atoms with E-state index in [2.05, 4.69) is 48.6 Å². The number of quaternary nitrogens is 1. The van der Waals surface area contributed by atoms with E-state index in [-0.39, 0.29) is 11.9 Å². The summed E-state index contributed by atoms with van der Waals surface area (Å²) in [7, 11) is 8.29. The van der Waals surface area contributed by atoms with E-state index < -0.39 is 0 Å². The van der Waals surface area contributed by atoms with Crippen molar-refractivity contribution >= 4 is 22.4 Å². The molecule has 1 amide bonds. The Hall–Kier alpha value is -3.05. The van der Waals surface area contributed by atoms with Gasteiger partial charge in [0.15, 0.2) is 0 Å². The predicted molar refractivity (Wildman–Crippen MR) is 124 cm³/mol. The number of ether oxygens (including phenoxy) is 1. The fraction of sp³-hybridized carbons (Fsp3) is 0.320. The first kappa shape index (κ1) is 21.7. The molecule has 3 aromatic carbocycles. The fourth-order valence-corrected chi connectivity index (χ4v) is 3.70. The van der Waals surface area contributed by atoms with E-state index in [0.29, 0.717) is 24.5 Å². The van der Waals surface area contributed by atoms with Gasteiger partial charge in [-0.25, -0.2) is 0 Å². The van der Waals surface area contributed by atoms with Crippen LogP contribution in [0.2, 0.25) is 0 Å². The van der Waals surface area contributed by atoms with Crippen LogP contribution in [0.5, 0.6) is 5.75 Å². The van der Waals surface area contributed by atoms with Gasteiger partial charge >= 0.3 is 0 Å². The van der Waals surface area contributed by atoms with Crippen molar-refractivity contribution in [2.75, 3.05) is 46.2 Å². The summed E-state index contributed by atoms with van der Waals surface area (Å²) in [6.45, 7) is 2.98. The van der Waals surface area contributed by atoms with E-state index in [1.807, 2.05) is 57.4 Å². The quantitative estimate of drug-likeness (QED) is 0.605. The van der Waals surface area contributed by atoms with Crippen molar-refractivity contribution in [2.24, 2.45) is 0 Å². The van der Waals surface area contributed by atoms with Crippen molar-refractivity contribution in [1.29, 1.82) is 0 Å². The summed E-state index contributed by atoms with van der Waals surface area (Å²) in [5.74, 6) is 0.518. The second kappa shape index (κ2) is 9.63. The number of carbonyl (C=O) groups excluding carboxylic acids is 1. The van der Waals surface area contributed by atoms with Crippen LogP contribution in [0.1, 0.15) is 28.9 Å². The van der Waals surface area contributed by atoms with Crippen LogP contribution in [-0.4, -0.2) is 47.2 Å². The van der Waals surface area contributed by atoms with Gasteiger partial charge in [-0.3, -0.25) is 4.79 Å². The van der Waals surface area contributed by atoms with Crippen molar-refractivity contribution in [1.82, 2.24) is 5.32 Å². The van der Waals surface area contributed by atoms with Crippen molar-refractivity contribution in [2.45, 2.75) is 13.0 Å². The third-order valence-corrected chi connectivity index (χ3v) is 5.39. The minimum Gasteiger partial charge on any atom is -0.493 e. The van der Waals surface area contributed by atoms with Gasteiger partial charge in [-0.2, -0.15) is 0 Å². The zero-order chi connectivity index (χ0) is 21.7. The molecule has 0 saturated heterocycles. The highest BCUT2D eigenvalue weighted by molar-refractivity contribution is 6.09. The normalized spacial score (nSPS) is 12.1. The van der Waals surface area contributed by atoms with Gasteiger partial charge in [-0.1, -0.05) is 42.5 Å². The summed E-state index contributed by atoms with van der Waals surface area (Å²) >= 11 is 0. The lowest BCUT2D eigenvalue weighted by molar-refractivity contribution is -0.890. The van der Waals surface area contributed by atoms with E-state index >= 15 is 0 Å². The molecule has 158 valence electrons. The summed E-state index contributed by atoms with van der Waals surface area (Å²) in [5.41, 5.74) is 2.96. The smallest absolute Gasteiger partial charge is 0.255 e. The van der Waals surface area contributed by atoms with E-state index in [9.17, 15) is 4.79 Å². The van der Waals surface area contributed by atoms with Gasteiger partial charge in [-0.05, 0) is 35.9 Å². The molecule has 5 nitrogen and oxygen atoms in total. The predicted octanol–water partition coefficient (Wildman–Crippen LogP) is 2.92. The van der Waals surface area contributed by atoms with Gasteiger partial charge in [0.1, 0.15) is 11.8 Å². The molecule has 0 aliphatic heterocycles. The zero-order valence-electron chi connectivity index (χ0n) is 18.5. The van der Waals surface area contributed by atoms with Crippen LogP contribution in [0.25, 0.3) is 10.8 Å². The molecule has 5 heteroatoms. The van der Waals surface area contributed by atoms with E-state index in [0.717, 1.165) is 16.5 Å². The van der Waals surface area contributed by atoms with Gasteiger partial charge in [0.25, 0.3) is 5.91 Å². The molecule has 1 atom stereocenters. The molecule has 0 bridgehead atoms. The molecule has 0 spiro atoms. The summed E-state index contributed by atoms with van der Waals surface area (Å²) in [4.78, 5) is 16.6. The van der Waals surface area contributed by atoms with Crippen molar-refractivity contribution in [3.05, 3.63) is 71.8 Å². The molecule has 3 aromatic rings. The minimum atomic E-state index is -0.105. The summed E-state index contributed by atoms with van der Waals surface area (Å²) in [6, 6.07) is 20.5. The molecule has 0 aliphatic rings. The first-order valence-electron chi connectivity index (χ1n) is 10.4. The van der Waals surface area contributed by atoms with E-state index in [1.165, 1.54) is 10.5 Å². The van der Waals surface area contributed by atoms with Gasteiger partial charge in [0.05, 0.1) is 32.8 Å². The standard InChI is InChI=1S/C25H31N3O2/c1-6-30-23-16-13-18-9-7-8-10-21(18)24(23)25(29)26-17-22(28(4)5)19-11-14-20(15-12-19)27(2)3/h7-16,22H,6,17H2,1-5H3,(H,26,29)/p+1/t22-/m0/s1. The number of hydrogen-bond acceptors (Lipinski definition) is 3. The monoisotopic (exact) mass is 406 g/mol. The van der Waals surface area contributed by atoms with Crippen LogP contribution < -0.4 is 19.9 Å². The van der Waals surface area contributed by atoms with E-state index in [1.54, 1.807) is 0 Å². The SMILES string of the molecule is CCOc1ccc2ccccc2c1C(=O)NC[C@@H](c1ccc(N(C)C)cc1)[NH+](C)C. The fourth-order valence-electron chi connectivity index (χ4n) is 3.70. The van der Waals surface area contributed by atoms with Crippen LogP contribution in [0.3, 0.4) is 0 Å². The lowest BCUT2D eigenvalue weighted by Gasteiger charge is -2.23. The summed E-state index contributed by atoms with van der Waals surface area (Å²) in [6.07, 6.45) is 0. The number of likely N-dealkylation sites (N-methyl/N-ethyl adjacent to an activating group) is 1. The molecular weight excluding hydrogens is 374 g/mol. The van der Waals surface area contributed by atoms with Crippen molar-refractivity contribution in [3.63, 3.8) is 0 Å². The number of nitrogens with one attached hydrogen (secondary N) is 2. The molecule has 30 heavy (non-hydrogen) atoms. The van der Waals surface area contributed by atoms with Gasteiger partial charge in [0, 0.05) is 25.3 Å². The first-order valence-corrected chi connectivity index (χ1v) is 10.4. The maximum atomic E-state index is 13.2. The van der Waals surface area contributed by atoms with Crippen LogP contribution >= 0.6 is 0 Å². The summed E-state index contributed by atoms with van der Waals surface area (Å²) < 4.78 is 5.77. The lowest BCUT2D eigenvalue weighted by Crippen LogP contribution is -3.07. The number of rotatable bonds is 8. The molecule has 0 aromatic heterocycles. The molecule has 3 rings (SSSR count). The largest absolute Gasteiger partial charge is 0.493 e. The van der Waals surface area contributed by atoms with Gasteiger partial charge in [-0.15, -0.1) is 0 Å². The highest BCUT2D eigenvalue weighted by Gasteiger charge is 2.22. The molecule has 0 unspecified atom stereocenters. The molecule has 0 aliphatic carbocycles. The summed E-state index contributed by atoms with van der Waals surface area (Å²) in [5, 5.41) is 5.09. The highest BCUT2D eigenvalue weighted by atomic mass is 16.5. The number of amides is 1. The first-order chi connectivity index (χ1) is 14.4. The number of nitrogens with zero attached hydrogens (tertiary/aromatic N) is 1. The topological polar surface area (TPSA) is 46.0 Å². The average molecular weight is 407 g/mol. The van der Waals surface area contributed by atoms with Crippen molar-refractivity contribution < 1.29 is 14.4 Å². The van der Waals surface area contributed by atoms with Crippen molar-refractivity contribution in [3.8, 4) is 5.75 Å². The van der Waals surface area contributed by atoms with Crippen LogP contribution in [0.4, 0.5) is 5.69 Å². The molecule has 0 saturated carbocycles. The Bertz CT molecular complexity index is 997. The van der Waals surface area contributed by atoms with E-state index in [4.69, 9.17) is 4.74 Å². The highest BCUT2D eigenvalue weighted by Crippen LogP contribution is 2.28. The number of fused-ring (bicyclic) bond motifs is 1. The lowest BCUT2D eigenvalue weighted by atomic mass is 10.0. The average Bonchev–Trinajstić information content (AvgIpc) is 2.74. The van der Waals surface area contributed by atoms with Crippen LogP contribution in [0.15, 0.2) is 60.7 Å². The van der Waals surface area contributed by atoms with Gasteiger partial charge in [0.2, 0.25) is 0 Å². The molecule has 2 N–H and O–H groups in total. The second-order valence-electron chi connectivity index (χ2n) is 7.92. The Morgan fingerprint density at radius 1 is 1.03 bits per heavy atom. The van der Waals surface area contributed by atoms with Crippen LogP contribution in [-0.2, 0) is 0 Å². The molecule has 0 heterocycles. The number of hydrogen-bond donors (Lipinski definition) is 2.